The van der Waals surface area contributed by atoms with E-state index < -0.39 is 0 Å². The first-order valence-electron chi connectivity index (χ1n) is 9.01. The van der Waals surface area contributed by atoms with Gasteiger partial charge in [0.25, 0.3) is 0 Å². The maximum atomic E-state index is 11.7. The molecule has 0 fully saturated rings. The lowest BCUT2D eigenvalue weighted by molar-refractivity contribution is 0.0932. The van der Waals surface area contributed by atoms with E-state index in [1.165, 1.54) is 0 Å². The Bertz CT molecular complexity index is 1010. The van der Waals surface area contributed by atoms with E-state index in [4.69, 9.17) is 20.9 Å². The van der Waals surface area contributed by atoms with E-state index in [-0.39, 0.29) is 11.7 Å². The van der Waals surface area contributed by atoms with Gasteiger partial charge in [0, 0.05) is 24.2 Å². The molecule has 0 atom stereocenters. The number of nitrogen functional groups attached to an aromatic ring is 1. The van der Waals surface area contributed by atoms with Crippen molar-refractivity contribution in [2.24, 2.45) is 5.73 Å². The molecule has 29 heavy (non-hydrogen) atoms. The molecule has 3 aromatic rings. The van der Waals surface area contributed by atoms with E-state index in [1.807, 2.05) is 12.1 Å². The van der Waals surface area contributed by atoms with E-state index in [1.54, 1.807) is 54.7 Å². The predicted molar refractivity (Wildman–Crippen MR) is 109 cm³/mol. The molecule has 1 amide bonds. The van der Waals surface area contributed by atoms with Gasteiger partial charge < -0.3 is 20.9 Å². The first kappa shape index (κ1) is 19.9. The number of amides is 1. The molecule has 1 aliphatic heterocycles. The van der Waals surface area contributed by atoms with Gasteiger partial charge in [-0.05, 0) is 42.0 Å². The fraction of sp³-hybridized carbons (Fsp3) is 0.136. The molecule has 148 valence electrons. The van der Waals surface area contributed by atoms with Gasteiger partial charge in [-0.1, -0.05) is 18.2 Å². The summed E-state index contributed by atoms with van der Waals surface area (Å²) in [5.41, 5.74) is 12.7. The summed E-state index contributed by atoms with van der Waals surface area (Å²) in [4.78, 5) is 26.0. The zero-order chi connectivity index (χ0) is 20.6. The SMILES string of the molecule is NC(=O)c1ccccc1.Nc1cc(COc2ccc3c(c2)OCCC3=O)ccn1. The number of ether oxygens (including phenoxy) is 2. The number of hydrogen-bond donors (Lipinski definition) is 2. The number of aromatic nitrogens is 1. The number of carbonyl (C=O) groups excluding carboxylic acids is 2. The highest BCUT2D eigenvalue weighted by Gasteiger charge is 2.18. The number of nitrogens with zero attached hydrogens (tertiary/aromatic N) is 1. The number of ketones is 1. The number of benzene rings is 2. The minimum Gasteiger partial charge on any atom is -0.492 e. The largest absolute Gasteiger partial charge is 0.492 e. The number of Topliss-reactive ketones (excluding diaryl/α,β-unsaturated/α-hetero) is 1. The number of pyridine rings is 1. The second kappa shape index (κ2) is 9.36. The number of carbonyl (C=O) groups is 2. The van der Waals surface area contributed by atoms with Crippen molar-refractivity contribution in [2.75, 3.05) is 12.3 Å². The van der Waals surface area contributed by atoms with Gasteiger partial charge in [-0.3, -0.25) is 9.59 Å². The minimum atomic E-state index is -0.379. The molecular weight excluding hydrogens is 370 g/mol. The van der Waals surface area contributed by atoms with Crippen LogP contribution < -0.4 is 20.9 Å². The Balaban J connectivity index is 0.000000224. The highest BCUT2D eigenvalue weighted by atomic mass is 16.5. The molecule has 0 saturated carbocycles. The molecule has 2 aromatic carbocycles. The van der Waals surface area contributed by atoms with Gasteiger partial charge >= 0.3 is 0 Å². The predicted octanol–water partition coefficient (Wildman–Crippen LogP) is 2.99. The first-order chi connectivity index (χ1) is 14.0. The van der Waals surface area contributed by atoms with Crippen LogP contribution >= 0.6 is 0 Å². The van der Waals surface area contributed by atoms with Gasteiger partial charge in [-0.15, -0.1) is 0 Å². The lowest BCUT2D eigenvalue weighted by Gasteiger charge is -2.17. The number of rotatable bonds is 4. The molecule has 7 heteroatoms. The van der Waals surface area contributed by atoms with Gasteiger partial charge in [0.15, 0.2) is 5.78 Å². The molecule has 0 saturated heterocycles. The molecule has 1 aromatic heterocycles. The van der Waals surface area contributed by atoms with Crippen LogP contribution in [0, 0.1) is 0 Å². The lowest BCUT2D eigenvalue weighted by atomic mass is 10.1. The van der Waals surface area contributed by atoms with Crippen LogP contribution in [-0.2, 0) is 6.61 Å². The quantitative estimate of drug-likeness (QED) is 0.706. The molecule has 0 radical (unpaired) electrons. The van der Waals surface area contributed by atoms with Crippen LogP contribution in [0.15, 0.2) is 66.9 Å². The van der Waals surface area contributed by atoms with Crippen LogP contribution in [0.4, 0.5) is 5.82 Å². The van der Waals surface area contributed by atoms with Gasteiger partial charge in [-0.25, -0.2) is 4.98 Å². The average molecular weight is 391 g/mol. The van der Waals surface area contributed by atoms with Gasteiger partial charge in [0.1, 0.15) is 23.9 Å². The summed E-state index contributed by atoms with van der Waals surface area (Å²) < 4.78 is 11.1. The van der Waals surface area contributed by atoms with Gasteiger partial charge in [0.2, 0.25) is 5.91 Å². The standard InChI is InChI=1S/C15H14N2O3.C7H7NO/c16-15-7-10(3-5-17-15)9-20-11-1-2-12-13(18)4-6-19-14(12)8-11;8-7(9)6-4-2-1-3-5-6/h1-3,5,7-8H,4,6,9H2,(H2,16,17);1-5H,(H2,8,9). The van der Waals surface area contributed by atoms with Crippen molar-refractivity contribution in [2.45, 2.75) is 13.0 Å². The summed E-state index contributed by atoms with van der Waals surface area (Å²) in [6.45, 7) is 0.815. The highest BCUT2D eigenvalue weighted by molar-refractivity contribution is 5.99. The lowest BCUT2D eigenvalue weighted by Crippen LogP contribution is -2.15. The number of nitrogens with two attached hydrogens (primary N) is 2. The molecule has 1 aliphatic rings. The van der Waals surface area contributed by atoms with E-state index in [9.17, 15) is 9.59 Å². The van der Waals surface area contributed by atoms with Crippen molar-refractivity contribution in [3.63, 3.8) is 0 Å². The summed E-state index contributed by atoms with van der Waals surface area (Å²) in [5, 5.41) is 0. The Labute approximate surface area is 168 Å². The third kappa shape index (κ3) is 5.55. The number of fused-ring (bicyclic) bond motifs is 1. The summed E-state index contributed by atoms with van der Waals surface area (Å²) >= 11 is 0. The molecule has 0 unspecified atom stereocenters. The fourth-order valence-electron chi connectivity index (χ4n) is 2.68. The Kier molecular flexibility index (Phi) is 6.42. The third-order valence-corrected chi connectivity index (χ3v) is 4.15. The maximum Gasteiger partial charge on any atom is 0.248 e. The molecule has 2 heterocycles. The monoisotopic (exact) mass is 391 g/mol. The molecule has 0 bridgehead atoms. The van der Waals surface area contributed by atoms with E-state index in [0.717, 1.165) is 5.56 Å². The third-order valence-electron chi connectivity index (χ3n) is 4.15. The molecule has 4 N–H and O–H groups in total. The van der Waals surface area contributed by atoms with Crippen LogP contribution in [0.25, 0.3) is 0 Å². The van der Waals surface area contributed by atoms with Crippen LogP contribution in [0.2, 0.25) is 0 Å². The van der Waals surface area contributed by atoms with Crippen LogP contribution in [0.1, 0.15) is 32.7 Å². The van der Waals surface area contributed by atoms with E-state index in [0.29, 0.717) is 48.1 Å². The molecule has 0 aliphatic carbocycles. The Morgan fingerprint density at radius 3 is 2.59 bits per heavy atom. The molecule has 0 spiro atoms. The van der Waals surface area contributed by atoms with Gasteiger partial charge in [-0.2, -0.15) is 0 Å². The average Bonchev–Trinajstić information content (AvgIpc) is 2.73. The maximum absolute atomic E-state index is 11.7. The van der Waals surface area contributed by atoms with Gasteiger partial charge in [0.05, 0.1) is 12.2 Å². The summed E-state index contributed by atoms with van der Waals surface area (Å²) in [7, 11) is 0. The Morgan fingerprint density at radius 2 is 1.90 bits per heavy atom. The Hall–Kier alpha value is -3.87. The van der Waals surface area contributed by atoms with Crippen molar-refractivity contribution >= 4 is 17.5 Å². The second-order valence-electron chi connectivity index (χ2n) is 6.29. The fourth-order valence-corrected chi connectivity index (χ4v) is 2.68. The highest BCUT2D eigenvalue weighted by Crippen LogP contribution is 2.29. The van der Waals surface area contributed by atoms with Crippen LogP contribution in [0.3, 0.4) is 0 Å². The van der Waals surface area contributed by atoms with Crippen LogP contribution in [-0.4, -0.2) is 23.3 Å². The summed E-state index contributed by atoms with van der Waals surface area (Å²) in [6, 6.07) is 17.6. The first-order valence-corrected chi connectivity index (χ1v) is 9.01. The summed E-state index contributed by atoms with van der Waals surface area (Å²) in [5.74, 6) is 1.45. The zero-order valence-corrected chi connectivity index (χ0v) is 15.7. The minimum absolute atomic E-state index is 0.111. The second-order valence-corrected chi connectivity index (χ2v) is 6.29. The van der Waals surface area contributed by atoms with E-state index in [2.05, 4.69) is 4.98 Å². The topological polar surface area (TPSA) is 118 Å². The Morgan fingerprint density at radius 1 is 1.10 bits per heavy atom. The van der Waals surface area contributed by atoms with Crippen molar-refractivity contribution in [1.29, 1.82) is 0 Å². The molecular formula is C22H21N3O4. The van der Waals surface area contributed by atoms with Crippen molar-refractivity contribution < 1.29 is 19.1 Å². The number of primary amides is 1. The van der Waals surface area contributed by atoms with Crippen molar-refractivity contribution in [3.05, 3.63) is 83.6 Å². The normalized spacial score (nSPS) is 12.1. The van der Waals surface area contributed by atoms with Crippen molar-refractivity contribution in [1.82, 2.24) is 4.98 Å². The molecule has 4 rings (SSSR count). The van der Waals surface area contributed by atoms with Crippen molar-refractivity contribution in [3.8, 4) is 11.5 Å². The number of hydrogen-bond acceptors (Lipinski definition) is 6. The van der Waals surface area contributed by atoms with E-state index >= 15 is 0 Å². The summed E-state index contributed by atoms with van der Waals surface area (Å²) in [6.07, 6.45) is 2.08. The number of anilines is 1. The van der Waals surface area contributed by atoms with Crippen LogP contribution in [0.5, 0.6) is 11.5 Å². The zero-order valence-electron chi connectivity index (χ0n) is 15.7. The smallest absolute Gasteiger partial charge is 0.248 e. The molecule has 7 nitrogen and oxygen atoms in total.